The van der Waals surface area contributed by atoms with Gasteiger partial charge in [0.05, 0.1) is 0 Å². The lowest BCUT2D eigenvalue weighted by Crippen LogP contribution is -2.41. The summed E-state index contributed by atoms with van der Waals surface area (Å²) in [7, 11) is -3.91. The lowest BCUT2D eigenvalue weighted by molar-refractivity contribution is 0.411. The summed E-state index contributed by atoms with van der Waals surface area (Å²) < 4.78 is 29.8. The number of phenols is 1. The predicted molar refractivity (Wildman–Crippen MR) is 135 cm³/mol. The number of hydrogen-bond acceptors (Lipinski definition) is 3. The van der Waals surface area contributed by atoms with Crippen LogP contribution in [0, 0.1) is 11.8 Å². The van der Waals surface area contributed by atoms with Gasteiger partial charge in [0.2, 0.25) is 10.0 Å². The Bertz CT molecular complexity index is 1110. The molecular weight excluding hydrogens is 430 g/mol. The van der Waals surface area contributed by atoms with Gasteiger partial charge in [-0.05, 0) is 60.3 Å². The Morgan fingerprint density at radius 3 is 1.94 bits per heavy atom. The van der Waals surface area contributed by atoms with Crippen LogP contribution in [0.3, 0.4) is 0 Å². The maximum atomic E-state index is 13.4. The molecule has 33 heavy (non-hydrogen) atoms. The van der Waals surface area contributed by atoms with Gasteiger partial charge in [0.1, 0.15) is 10.6 Å². The monoisotopic (exact) mass is 465 g/mol. The van der Waals surface area contributed by atoms with Gasteiger partial charge in [-0.1, -0.05) is 93.6 Å². The van der Waals surface area contributed by atoms with E-state index in [2.05, 4.69) is 37.6 Å². The average molecular weight is 466 g/mol. The minimum atomic E-state index is -3.91. The predicted octanol–water partition coefficient (Wildman–Crippen LogP) is 5.75. The van der Waals surface area contributed by atoms with Gasteiger partial charge in [0.15, 0.2) is 0 Å². The zero-order valence-corrected chi connectivity index (χ0v) is 20.6. The third-order valence-electron chi connectivity index (χ3n) is 6.06. The van der Waals surface area contributed by atoms with Gasteiger partial charge in [-0.3, -0.25) is 0 Å². The van der Waals surface area contributed by atoms with E-state index in [4.69, 9.17) is 0 Å². The van der Waals surface area contributed by atoms with Crippen LogP contribution in [-0.4, -0.2) is 19.6 Å². The van der Waals surface area contributed by atoms with E-state index < -0.39 is 10.0 Å². The van der Waals surface area contributed by atoms with Crippen LogP contribution in [0.5, 0.6) is 5.75 Å². The van der Waals surface area contributed by atoms with Crippen molar-refractivity contribution in [2.45, 2.75) is 57.4 Å². The largest absolute Gasteiger partial charge is 0.506 e. The first-order chi connectivity index (χ1) is 15.8. The number of benzene rings is 3. The minimum Gasteiger partial charge on any atom is -0.506 e. The fraction of sp³-hybridized carbons (Fsp3) is 0.357. The summed E-state index contributed by atoms with van der Waals surface area (Å²) >= 11 is 0. The highest BCUT2D eigenvalue weighted by atomic mass is 32.2. The molecule has 0 aliphatic heterocycles. The van der Waals surface area contributed by atoms with Crippen LogP contribution in [-0.2, 0) is 29.3 Å². The molecule has 2 atom stereocenters. The van der Waals surface area contributed by atoms with Crippen LogP contribution in [0.15, 0.2) is 83.8 Å². The number of nitrogens with one attached hydrogen (secondary N) is 1. The van der Waals surface area contributed by atoms with Crippen LogP contribution in [0.2, 0.25) is 0 Å². The zero-order valence-electron chi connectivity index (χ0n) is 19.7. The van der Waals surface area contributed by atoms with E-state index >= 15 is 0 Å². The van der Waals surface area contributed by atoms with E-state index in [9.17, 15) is 13.5 Å². The van der Waals surface area contributed by atoms with Gasteiger partial charge in [0.25, 0.3) is 0 Å². The third-order valence-corrected chi connectivity index (χ3v) is 7.58. The minimum absolute atomic E-state index is 0.0475. The van der Waals surface area contributed by atoms with Gasteiger partial charge in [-0.2, -0.15) is 0 Å². The molecule has 4 nitrogen and oxygen atoms in total. The number of sulfonamides is 1. The first kappa shape index (κ1) is 25.0. The van der Waals surface area contributed by atoms with Crippen molar-refractivity contribution in [3.05, 3.63) is 95.6 Å². The van der Waals surface area contributed by atoms with Crippen LogP contribution < -0.4 is 4.72 Å². The Kier molecular flexibility index (Phi) is 8.70. The molecule has 0 aliphatic carbocycles. The maximum absolute atomic E-state index is 13.4. The summed E-state index contributed by atoms with van der Waals surface area (Å²) in [5.41, 5.74) is 2.91. The van der Waals surface area contributed by atoms with Crippen molar-refractivity contribution in [2.75, 3.05) is 0 Å². The molecule has 0 aromatic heterocycles. The van der Waals surface area contributed by atoms with Crippen molar-refractivity contribution in [3.8, 4) is 5.75 Å². The summed E-state index contributed by atoms with van der Waals surface area (Å²) in [5.74, 6) is 0.380. The molecule has 3 aromatic carbocycles. The number of phenolic OH excluding ortho intramolecular Hbond substituents is 1. The van der Waals surface area contributed by atoms with Crippen molar-refractivity contribution in [2.24, 2.45) is 11.8 Å². The maximum Gasteiger partial charge on any atom is 0.244 e. The van der Waals surface area contributed by atoms with Crippen LogP contribution in [0.4, 0.5) is 0 Å². The van der Waals surface area contributed by atoms with E-state index in [0.717, 1.165) is 18.4 Å². The molecule has 0 heterocycles. The van der Waals surface area contributed by atoms with Gasteiger partial charge in [-0.25, -0.2) is 13.1 Å². The van der Waals surface area contributed by atoms with Crippen LogP contribution >= 0.6 is 0 Å². The Morgan fingerprint density at radius 2 is 1.36 bits per heavy atom. The lowest BCUT2D eigenvalue weighted by atomic mass is 9.90. The summed E-state index contributed by atoms with van der Waals surface area (Å²) in [6, 6.07) is 24.7. The smallest absolute Gasteiger partial charge is 0.244 e. The quantitative estimate of drug-likeness (QED) is 0.379. The summed E-state index contributed by atoms with van der Waals surface area (Å²) in [6.07, 6.45) is 2.85. The van der Waals surface area contributed by atoms with Gasteiger partial charge < -0.3 is 5.11 Å². The zero-order chi connectivity index (χ0) is 23.8. The molecule has 0 aliphatic rings. The van der Waals surface area contributed by atoms with E-state index in [1.54, 1.807) is 12.1 Å². The van der Waals surface area contributed by atoms with Gasteiger partial charge in [-0.15, -0.1) is 0 Å². The number of para-hydroxylation sites is 1. The van der Waals surface area contributed by atoms with Crippen molar-refractivity contribution in [1.29, 1.82) is 0 Å². The van der Waals surface area contributed by atoms with E-state index in [0.29, 0.717) is 24.3 Å². The van der Waals surface area contributed by atoms with Crippen LogP contribution in [0.1, 0.15) is 43.9 Å². The molecule has 0 radical (unpaired) electrons. The molecule has 3 rings (SSSR count). The van der Waals surface area contributed by atoms with Crippen molar-refractivity contribution in [3.63, 3.8) is 0 Å². The van der Waals surface area contributed by atoms with E-state index in [1.807, 2.05) is 48.5 Å². The fourth-order valence-corrected chi connectivity index (χ4v) is 5.53. The van der Waals surface area contributed by atoms with Crippen molar-refractivity contribution < 1.29 is 13.5 Å². The molecule has 0 bridgehead atoms. The summed E-state index contributed by atoms with van der Waals surface area (Å²) in [6.45, 7) is 6.30. The molecule has 0 saturated heterocycles. The highest BCUT2D eigenvalue weighted by molar-refractivity contribution is 7.89. The Labute approximate surface area is 198 Å². The molecule has 0 amide bonds. The topological polar surface area (TPSA) is 66.4 Å². The first-order valence-corrected chi connectivity index (χ1v) is 13.2. The number of aryl methyl sites for hydroxylation is 1. The Balaban J connectivity index is 1.87. The molecule has 0 spiro atoms. The Morgan fingerprint density at radius 1 is 0.788 bits per heavy atom. The highest BCUT2D eigenvalue weighted by Crippen LogP contribution is 2.29. The number of hydrogen-bond donors (Lipinski definition) is 2. The van der Waals surface area contributed by atoms with E-state index in [1.165, 1.54) is 11.6 Å². The molecular formula is C28H35NO3S. The molecule has 0 saturated carbocycles. The third kappa shape index (κ3) is 7.18. The van der Waals surface area contributed by atoms with Gasteiger partial charge >= 0.3 is 0 Å². The Hall–Kier alpha value is -2.63. The molecule has 5 heteroatoms. The van der Waals surface area contributed by atoms with E-state index in [-0.39, 0.29) is 22.6 Å². The molecule has 1 unspecified atom stereocenters. The second-order valence-electron chi connectivity index (χ2n) is 9.28. The molecule has 2 N–H and O–H groups in total. The number of aromatic hydroxyl groups is 1. The summed E-state index contributed by atoms with van der Waals surface area (Å²) in [4.78, 5) is -0.0475. The molecule has 0 fully saturated rings. The number of rotatable bonds is 11. The average Bonchev–Trinajstić information content (AvgIpc) is 2.79. The van der Waals surface area contributed by atoms with Crippen molar-refractivity contribution in [1.82, 2.24) is 4.72 Å². The second kappa shape index (κ2) is 11.5. The fourth-order valence-electron chi connectivity index (χ4n) is 4.05. The standard InChI is InChI=1S/C28H35NO3S/c1-21(2)17-18-25-15-10-16-27(28(25)30)33(31,32)29-26(20-24-13-8-5-9-14-24)22(3)19-23-11-6-4-7-12-23/h4-16,21-22,26,29-30H,17-20H2,1-3H3/t22-,26?/m1/s1. The van der Waals surface area contributed by atoms with Crippen molar-refractivity contribution >= 4 is 10.0 Å². The second-order valence-corrected chi connectivity index (χ2v) is 11.0. The molecule has 3 aromatic rings. The van der Waals surface area contributed by atoms with Gasteiger partial charge in [0, 0.05) is 6.04 Å². The van der Waals surface area contributed by atoms with Crippen LogP contribution in [0.25, 0.3) is 0 Å². The SMILES string of the molecule is CC(C)CCc1cccc(S(=O)(=O)NC(Cc2ccccc2)[C@H](C)Cc2ccccc2)c1O. The lowest BCUT2D eigenvalue weighted by Gasteiger charge is -2.26. The molecule has 176 valence electrons. The summed E-state index contributed by atoms with van der Waals surface area (Å²) in [5, 5.41) is 10.8. The first-order valence-electron chi connectivity index (χ1n) is 11.7. The highest BCUT2D eigenvalue weighted by Gasteiger charge is 2.28. The normalized spacial score (nSPS) is 13.7.